The third-order valence-corrected chi connectivity index (χ3v) is 3.96. The van der Waals surface area contributed by atoms with Crippen LogP contribution in [-0.4, -0.2) is 11.6 Å². The molecule has 1 atom stereocenters. The Kier molecular flexibility index (Phi) is 4.35. The van der Waals surface area contributed by atoms with Crippen molar-refractivity contribution in [2.75, 3.05) is 6.61 Å². The Hall–Kier alpha value is -0.120. The van der Waals surface area contributed by atoms with Crippen molar-refractivity contribution in [1.82, 2.24) is 4.98 Å². The maximum atomic E-state index is 5.74. The van der Waals surface area contributed by atoms with Crippen molar-refractivity contribution >= 4 is 22.9 Å². The molecule has 0 saturated heterocycles. The first kappa shape index (κ1) is 12.0. The number of thiazole rings is 1. The highest BCUT2D eigenvalue weighted by Gasteiger charge is 2.28. The van der Waals surface area contributed by atoms with E-state index in [2.05, 4.69) is 18.8 Å². The quantitative estimate of drug-likeness (QED) is 0.726. The molecule has 0 fully saturated rings. The van der Waals surface area contributed by atoms with Gasteiger partial charge in [-0.15, -0.1) is 22.9 Å². The lowest BCUT2D eigenvalue weighted by atomic mass is 10.1. The van der Waals surface area contributed by atoms with Crippen LogP contribution < -0.4 is 0 Å². The first-order valence-electron chi connectivity index (χ1n) is 4.81. The zero-order chi connectivity index (χ0) is 10.6. The van der Waals surface area contributed by atoms with Crippen LogP contribution in [0.5, 0.6) is 0 Å². The van der Waals surface area contributed by atoms with Crippen molar-refractivity contribution < 1.29 is 4.74 Å². The van der Waals surface area contributed by atoms with Gasteiger partial charge in [-0.25, -0.2) is 4.98 Å². The van der Waals surface area contributed by atoms with Gasteiger partial charge >= 0.3 is 0 Å². The Morgan fingerprint density at radius 1 is 1.57 bits per heavy atom. The van der Waals surface area contributed by atoms with Gasteiger partial charge in [-0.2, -0.15) is 0 Å². The largest absolute Gasteiger partial charge is 0.368 e. The number of hydrogen-bond acceptors (Lipinski definition) is 3. The Morgan fingerprint density at radius 2 is 2.29 bits per heavy atom. The smallest absolute Gasteiger partial charge is 0.125 e. The molecule has 2 nitrogen and oxygen atoms in total. The molecule has 14 heavy (non-hydrogen) atoms. The van der Waals surface area contributed by atoms with E-state index in [1.807, 2.05) is 13.1 Å². The fraction of sp³-hybridized carbons (Fsp3) is 0.700. The maximum absolute atomic E-state index is 5.74. The minimum atomic E-state index is -0.246. The van der Waals surface area contributed by atoms with Gasteiger partial charge in [0, 0.05) is 17.7 Å². The molecule has 0 spiro atoms. The molecule has 1 rings (SSSR count). The van der Waals surface area contributed by atoms with Crippen LogP contribution in [0.25, 0.3) is 0 Å². The van der Waals surface area contributed by atoms with Gasteiger partial charge in [0.25, 0.3) is 0 Å². The Bertz CT molecular complexity index is 289. The van der Waals surface area contributed by atoms with E-state index >= 15 is 0 Å². The van der Waals surface area contributed by atoms with E-state index in [-0.39, 0.29) is 5.60 Å². The fourth-order valence-corrected chi connectivity index (χ4v) is 2.41. The predicted molar refractivity (Wildman–Crippen MR) is 60.9 cm³/mol. The minimum absolute atomic E-state index is 0.246. The second-order valence-electron chi connectivity index (χ2n) is 3.28. The van der Waals surface area contributed by atoms with Crippen LogP contribution in [0.1, 0.15) is 37.1 Å². The summed E-state index contributed by atoms with van der Waals surface area (Å²) in [6, 6.07) is 0. The Balaban J connectivity index is 2.87. The van der Waals surface area contributed by atoms with E-state index in [0.717, 1.165) is 16.3 Å². The van der Waals surface area contributed by atoms with Gasteiger partial charge in [-0.3, -0.25) is 0 Å². The van der Waals surface area contributed by atoms with Crippen LogP contribution in [-0.2, 0) is 16.2 Å². The maximum Gasteiger partial charge on any atom is 0.125 e. The molecule has 1 unspecified atom stereocenters. The highest BCUT2D eigenvalue weighted by molar-refractivity contribution is 7.11. The molecular weight excluding hydrogens is 218 g/mol. The average molecular weight is 234 g/mol. The summed E-state index contributed by atoms with van der Waals surface area (Å²) < 4.78 is 5.73. The molecule has 1 aromatic rings. The topological polar surface area (TPSA) is 22.1 Å². The summed E-state index contributed by atoms with van der Waals surface area (Å²) in [6.07, 6.45) is 2.76. The lowest BCUT2D eigenvalue weighted by Gasteiger charge is -2.25. The standard InChI is InChI=1S/C10H16ClNOS/c1-4-10(3,13-5-2)9-12-7-8(6-11)14-9/h7H,4-6H2,1-3H3. The monoisotopic (exact) mass is 233 g/mol. The van der Waals surface area contributed by atoms with Gasteiger partial charge in [-0.1, -0.05) is 6.92 Å². The summed E-state index contributed by atoms with van der Waals surface area (Å²) in [5.74, 6) is 0.531. The van der Waals surface area contributed by atoms with E-state index in [4.69, 9.17) is 16.3 Å². The zero-order valence-electron chi connectivity index (χ0n) is 8.84. The van der Waals surface area contributed by atoms with Crippen molar-refractivity contribution in [3.8, 4) is 0 Å². The number of alkyl halides is 1. The first-order chi connectivity index (χ1) is 6.66. The number of ether oxygens (including phenoxy) is 1. The van der Waals surface area contributed by atoms with Crippen LogP contribution in [0.15, 0.2) is 6.20 Å². The van der Waals surface area contributed by atoms with E-state index in [1.54, 1.807) is 11.3 Å². The van der Waals surface area contributed by atoms with Gasteiger partial charge < -0.3 is 4.74 Å². The summed E-state index contributed by atoms with van der Waals surface area (Å²) in [5, 5.41) is 1.03. The van der Waals surface area contributed by atoms with Gasteiger partial charge in [0.05, 0.1) is 5.88 Å². The van der Waals surface area contributed by atoms with Gasteiger partial charge in [-0.05, 0) is 20.3 Å². The fourth-order valence-electron chi connectivity index (χ4n) is 1.25. The van der Waals surface area contributed by atoms with E-state index in [1.165, 1.54) is 0 Å². The minimum Gasteiger partial charge on any atom is -0.368 e. The van der Waals surface area contributed by atoms with Crippen LogP contribution in [0.4, 0.5) is 0 Å². The molecule has 0 N–H and O–H groups in total. The number of aromatic nitrogens is 1. The van der Waals surface area contributed by atoms with Crippen LogP contribution in [0.2, 0.25) is 0 Å². The molecule has 0 radical (unpaired) electrons. The number of rotatable bonds is 5. The van der Waals surface area contributed by atoms with Crippen molar-refractivity contribution in [1.29, 1.82) is 0 Å². The van der Waals surface area contributed by atoms with Crippen LogP contribution in [0.3, 0.4) is 0 Å². The molecule has 0 amide bonds. The molecule has 1 aromatic heterocycles. The lowest BCUT2D eigenvalue weighted by molar-refractivity contribution is -0.0324. The third-order valence-electron chi connectivity index (χ3n) is 2.28. The molecule has 4 heteroatoms. The predicted octanol–water partition coefficient (Wildman–Crippen LogP) is 3.54. The van der Waals surface area contributed by atoms with Gasteiger partial charge in [0.15, 0.2) is 0 Å². The highest BCUT2D eigenvalue weighted by atomic mass is 35.5. The summed E-state index contributed by atoms with van der Waals surface area (Å²) in [4.78, 5) is 5.46. The second kappa shape index (κ2) is 5.10. The molecule has 0 aliphatic rings. The lowest BCUT2D eigenvalue weighted by Crippen LogP contribution is -2.24. The normalized spacial score (nSPS) is 15.4. The van der Waals surface area contributed by atoms with E-state index in [0.29, 0.717) is 12.5 Å². The first-order valence-corrected chi connectivity index (χ1v) is 6.16. The molecule has 0 aliphatic heterocycles. The van der Waals surface area contributed by atoms with Crippen LogP contribution >= 0.6 is 22.9 Å². The molecule has 1 heterocycles. The molecule has 80 valence electrons. The summed E-state index contributed by atoms with van der Waals surface area (Å²) in [6.45, 7) is 6.90. The van der Waals surface area contributed by atoms with Crippen molar-refractivity contribution in [3.05, 3.63) is 16.1 Å². The zero-order valence-corrected chi connectivity index (χ0v) is 10.4. The molecule has 0 aliphatic carbocycles. The highest BCUT2D eigenvalue weighted by Crippen LogP contribution is 2.32. The van der Waals surface area contributed by atoms with Crippen molar-refractivity contribution in [3.63, 3.8) is 0 Å². The van der Waals surface area contributed by atoms with Gasteiger partial charge in [0.1, 0.15) is 10.6 Å². The summed E-state index contributed by atoms with van der Waals surface area (Å²) in [5.41, 5.74) is -0.246. The number of hydrogen-bond donors (Lipinski definition) is 0. The summed E-state index contributed by atoms with van der Waals surface area (Å²) in [7, 11) is 0. The van der Waals surface area contributed by atoms with E-state index in [9.17, 15) is 0 Å². The van der Waals surface area contributed by atoms with E-state index < -0.39 is 0 Å². The second-order valence-corrected chi connectivity index (χ2v) is 4.67. The Morgan fingerprint density at radius 3 is 2.71 bits per heavy atom. The SMILES string of the molecule is CCOC(C)(CC)c1ncc(CCl)s1. The molecule has 0 aromatic carbocycles. The molecule has 0 bridgehead atoms. The number of halogens is 1. The number of nitrogens with zero attached hydrogens (tertiary/aromatic N) is 1. The van der Waals surface area contributed by atoms with Crippen LogP contribution in [0, 0.1) is 0 Å². The van der Waals surface area contributed by atoms with Crippen molar-refractivity contribution in [2.24, 2.45) is 0 Å². The molecular formula is C10H16ClNOS. The van der Waals surface area contributed by atoms with Gasteiger partial charge in [0.2, 0.25) is 0 Å². The average Bonchev–Trinajstić information content (AvgIpc) is 2.66. The molecule has 0 saturated carbocycles. The Labute approximate surface area is 94.3 Å². The third kappa shape index (κ3) is 2.47. The summed E-state index contributed by atoms with van der Waals surface area (Å²) >= 11 is 7.38. The van der Waals surface area contributed by atoms with Crippen molar-refractivity contribution in [2.45, 2.75) is 38.7 Å².